The lowest BCUT2D eigenvalue weighted by Gasteiger charge is -2.21. The van der Waals surface area contributed by atoms with Crippen molar-refractivity contribution in [3.63, 3.8) is 0 Å². The molecule has 0 atom stereocenters. The van der Waals surface area contributed by atoms with Crippen molar-refractivity contribution in [1.82, 2.24) is 15.3 Å². The molecule has 0 saturated heterocycles. The average molecular weight is 631 g/mol. The highest BCUT2D eigenvalue weighted by atomic mass is 32.2. The van der Waals surface area contributed by atoms with Crippen molar-refractivity contribution in [2.75, 3.05) is 31.3 Å². The van der Waals surface area contributed by atoms with Crippen LogP contribution in [0.4, 0.5) is 14.5 Å². The van der Waals surface area contributed by atoms with Crippen molar-refractivity contribution in [2.45, 2.75) is 6.42 Å². The normalized spacial score (nSPS) is 11.8. The molecule has 3 aromatic heterocycles. The molecular formula is C33H28F2N4O5S. The maximum absolute atomic E-state index is 14.6. The molecule has 0 aliphatic carbocycles. The van der Waals surface area contributed by atoms with E-state index in [0.717, 1.165) is 10.6 Å². The number of hydrogen-bond acceptors (Lipinski definition) is 6. The van der Waals surface area contributed by atoms with Gasteiger partial charge in [-0.25, -0.2) is 22.2 Å². The van der Waals surface area contributed by atoms with E-state index in [-0.39, 0.29) is 35.6 Å². The molecule has 12 heteroatoms. The molecule has 0 aliphatic rings. The summed E-state index contributed by atoms with van der Waals surface area (Å²) >= 11 is 0. The lowest BCUT2D eigenvalue weighted by atomic mass is 9.99. The Morgan fingerprint density at radius 1 is 1.04 bits per heavy atom. The molecule has 230 valence electrons. The first kappa shape index (κ1) is 30.0. The molecule has 0 fully saturated rings. The maximum atomic E-state index is 14.6. The predicted octanol–water partition coefficient (Wildman–Crippen LogP) is 5.88. The summed E-state index contributed by atoms with van der Waals surface area (Å²) in [6.07, 6.45) is 1.32. The number of H-pyrrole nitrogens is 1. The molecule has 0 unspecified atom stereocenters. The fraction of sp³-hybridized carbons (Fsp3) is 0.152. The van der Waals surface area contributed by atoms with Gasteiger partial charge in [-0.05, 0) is 66.6 Å². The number of benzene rings is 3. The van der Waals surface area contributed by atoms with Gasteiger partial charge in [0, 0.05) is 54.2 Å². The summed E-state index contributed by atoms with van der Waals surface area (Å²) in [5.41, 5.74) is 3.99. The Morgan fingerprint density at radius 3 is 2.47 bits per heavy atom. The number of hydrogen-bond donors (Lipinski definition) is 3. The molecule has 0 aliphatic heterocycles. The van der Waals surface area contributed by atoms with E-state index in [4.69, 9.17) is 9.40 Å². The number of halogens is 2. The number of sulfonamides is 1. The van der Waals surface area contributed by atoms with Gasteiger partial charge >= 0.3 is 0 Å². The van der Waals surface area contributed by atoms with Crippen LogP contribution in [0.2, 0.25) is 0 Å². The van der Waals surface area contributed by atoms with Gasteiger partial charge in [0.15, 0.2) is 0 Å². The number of nitrogens with zero attached hydrogens (tertiary/aromatic N) is 2. The Kier molecular flexibility index (Phi) is 7.63. The van der Waals surface area contributed by atoms with E-state index in [9.17, 15) is 27.1 Å². The Bertz CT molecular complexity index is 2210. The number of pyridine rings is 1. The van der Waals surface area contributed by atoms with E-state index in [2.05, 4.69) is 10.3 Å². The summed E-state index contributed by atoms with van der Waals surface area (Å²) in [6, 6.07) is 18.4. The fourth-order valence-electron chi connectivity index (χ4n) is 5.37. The van der Waals surface area contributed by atoms with Crippen LogP contribution in [-0.4, -0.2) is 56.4 Å². The molecular weight excluding hydrogens is 602 g/mol. The van der Waals surface area contributed by atoms with Crippen LogP contribution in [0.5, 0.6) is 0 Å². The summed E-state index contributed by atoms with van der Waals surface area (Å²) in [5, 5.41) is 13.1. The summed E-state index contributed by atoms with van der Waals surface area (Å²) in [7, 11) is -0.910. The van der Waals surface area contributed by atoms with Crippen LogP contribution in [0.1, 0.15) is 15.9 Å². The van der Waals surface area contributed by atoms with Gasteiger partial charge in [0.1, 0.15) is 23.0 Å². The largest absolute Gasteiger partial charge is 0.455 e. The van der Waals surface area contributed by atoms with Gasteiger partial charge in [-0.1, -0.05) is 12.1 Å². The number of aliphatic hydroxyl groups excluding tert-OH is 1. The minimum Gasteiger partial charge on any atom is -0.455 e. The quantitative estimate of drug-likeness (QED) is 0.193. The molecule has 0 radical (unpaired) electrons. The second-order valence-corrected chi connectivity index (χ2v) is 12.6. The minimum atomic E-state index is -3.78. The van der Waals surface area contributed by atoms with Gasteiger partial charge in [-0.2, -0.15) is 0 Å². The average Bonchev–Trinajstić information content (AvgIpc) is 3.62. The van der Waals surface area contributed by atoms with Crippen molar-refractivity contribution in [3.05, 3.63) is 95.6 Å². The number of aromatic nitrogens is 2. The van der Waals surface area contributed by atoms with Gasteiger partial charge in [-0.15, -0.1) is 0 Å². The molecule has 3 aromatic carbocycles. The first-order chi connectivity index (χ1) is 21.5. The zero-order valence-electron chi connectivity index (χ0n) is 24.5. The van der Waals surface area contributed by atoms with Crippen molar-refractivity contribution in [3.8, 4) is 34.0 Å². The second kappa shape index (κ2) is 11.5. The van der Waals surface area contributed by atoms with Gasteiger partial charge in [0.05, 0.1) is 34.6 Å². The van der Waals surface area contributed by atoms with Crippen molar-refractivity contribution in [2.24, 2.45) is 0 Å². The number of aliphatic hydroxyl groups is 1. The highest BCUT2D eigenvalue weighted by Gasteiger charge is 2.27. The number of carbonyl (C=O) groups is 1. The van der Waals surface area contributed by atoms with Crippen molar-refractivity contribution in [1.29, 1.82) is 0 Å². The lowest BCUT2D eigenvalue weighted by molar-refractivity contribution is 0.0964. The number of furan rings is 1. The van der Waals surface area contributed by atoms with Gasteiger partial charge in [0.2, 0.25) is 10.0 Å². The molecule has 9 nitrogen and oxygen atoms in total. The van der Waals surface area contributed by atoms with Crippen LogP contribution in [0.3, 0.4) is 0 Å². The SMILES string of the molecule is CNC(=O)c1c(-c2ccc(F)cc2)oc2cc(N(C)S(C)(=O)=O)c(-c3ccc(CCO)c(-c4cc5c(F)cccc5[nH]4)n3)cc12. The van der Waals surface area contributed by atoms with E-state index in [1.54, 1.807) is 36.4 Å². The van der Waals surface area contributed by atoms with Crippen LogP contribution in [0.25, 0.3) is 55.8 Å². The number of anilines is 1. The standard InChI is InChI=1S/C33H28F2N4O5S/c1-36-33(41)30-23-15-22(28(39(2)45(3,42)43)17-29(23)44-32(30)19-7-10-20(34)11-8-19)26-12-9-18(13-14-40)31(38-26)27-16-21-24(35)5-4-6-25(21)37-27/h4-12,15-17,37,40H,13-14H2,1-3H3,(H,36,41). The predicted molar refractivity (Wildman–Crippen MR) is 170 cm³/mol. The Morgan fingerprint density at radius 2 is 1.80 bits per heavy atom. The first-order valence-corrected chi connectivity index (χ1v) is 15.8. The van der Waals surface area contributed by atoms with Crippen LogP contribution >= 0.6 is 0 Å². The Balaban J connectivity index is 1.64. The lowest BCUT2D eigenvalue weighted by Crippen LogP contribution is -2.25. The molecule has 0 saturated carbocycles. The topological polar surface area (TPSA) is 129 Å². The Labute approximate surface area is 257 Å². The summed E-state index contributed by atoms with van der Waals surface area (Å²) in [4.78, 5) is 21.3. The molecule has 1 amide bonds. The molecule has 0 spiro atoms. The van der Waals surface area contributed by atoms with E-state index < -0.39 is 27.6 Å². The van der Waals surface area contributed by atoms with Crippen molar-refractivity contribution < 1.29 is 31.5 Å². The zero-order chi connectivity index (χ0) is 32.0. The molecule has 3 heterocycles. The number of fused-ring (bicyclic) bond motifs is 2. The first-order valence-electron chi connectivity index (χ1n) is 13.9. The van der Waals surface area contributed by atoms with Crippen LogP contribution in [0.15, 0.2) is 77.2 Å². The number of amides is 1. The van der Waals surface area contributed by atoms with E-state index in [1.165, 1.54) is 50.5 Å². The third-order valence-corrected chi connectivity index (χ3v) is 8.90. The fourth-order valence-corrected chi connectivity index (χ4v) is 5.88. The van der Waals surface area contributed by atoms with Crippen molar-refractivity contribution >= 4 is 43.5 Å². The van der Waals surface area contributed by atoms with Crippen LogP contribution in [-0.2, 0) is 16.4 Å². The van der Waals surface area contributed by atoms with Crippen LogP contribution < -0.4 is 9.62 Å². The van der Waals surface area contributed by atoms with Gasteiger partial charge in [0.25, 0.3) is 5.91 Å². The number of nitrogens with one attached hydrogen (secondary N) is 2. The number of rotatable bonds is 8. The second-order valence-electron chi connectivity index (χ2n) is 10.6. The summed E-state index contributed by atoms with van der Waals surface area (Å²) < 4.78 is 61.1. The smallest absolute Gasteiger partial charge is 0.255 e. The third-order valence-electron chi connectivity index (χ3n) is 7.71. The third kappa shape index (κ3) is 5.42. The molecule has 45 heavy (non-hydrogen) atoms. The maximum Gasteiger partial charge on any atom is 0.255 e. The zero-order valence-corrected chi connectivity index (χ0v) is 25.3. The number of carbonyl (C=O) groups excluding carboxylic acids is 1. The van der Waals surface area contributed by atoms with E-state index in [0.29, 0.717) is 50.1 Å². The monoisotopic (exact) mass is 630 g/mol. The highest BCUT2D eigenvalue weighted by molar-refractivity contribution is 7.92. The molecule has 6 aromatic rings. The highest BCUT2D eigenvalue weighted by Crippen LogP contribution is 2.41. The van der Waals surface area contributed by atoms with Gasteiger partial charge < -0.3 is 19.8 Å². The minimum absolute atomic E-state index is 0.159. The van der Waals surface area contributed by atoms with Gasteiger partial charge in [-0.3, -0.25) is 9.10 Å². The summed E-state index contributed by atoms with van der Waals surface area (Å²) in [6.45, 7) is -0.159. The van der Waals surface area contributed by atoms with E-state index in [1.807, 2.05) is 0 Å². The molecule has 3 N–H and O–H groups in total. The summed E-state index contributed by atoms with van der Waals surface area (Å²) in [5.74, 6) is -1.15. The molecule has 0 bridgehead atoms. The van der Waals surface area contributed by atoms with E-state index >= 15 is 0 Å². The Hall–Kier alpha value is -5.07. The molecule has 6 rings (SSSR count). The van der Waals surface area contributed by atoms with Crippen LogP contribution in [0, 0.1) is 11.6 Å². The number of aromatic amines is 1.